The Morgan fingerprint density at radius 2 is 1.39 bits per heavy atom. The predicted octanol–water partition coefficient (Wildman–Crippen LogP) is 8.23. The fourth-order valence-corrected chi connectivity index (χ4v) is 5.28. The third kappa shape index (κ3) is 2.92. The molecule has 0 N–H and O–H groups in total. The second kappa shape index (κ2) is 7.49. The molecular weight excluding hydrogens is 456 g/mol. The molecule has 0 spiro atoms. The number of pyridine rings is 1. The summed E-state index contributed by atoms with van der Waals surface area (Å²) in [6.45, 7) is 1.99. The van der Waals surface area contributed by atoms with Crippen LogP contribution < -0.4 is 4.57 Å². The molecule has 0 atom stereocenters. The zero-order valence-corrected chi connectivity index (χ0v) is 19.6. The molecule has 3 aromatic heterocycles. The number of hydrogen-bond donors (Lipinski definition) is 0. The molecule has 7 rings (SSSR count). The third-order valence-electron chi connectivity index (χ3n) is 6.99. The van der Waals surface area contributed by atoms with E-state index >= 15 is 4.39 Å². The minimum Gasteiger partial charge on any atom is -0.456 e. The number of halogens is 2. The summed E-state index contributed by atoms with van der Waals surface area (Å²) >= 11 is 0. The van der Waals surface area contributed by atoms with E-state index in [1.54, 1.807) is 23.7 Å². The van der Waals surface area contributed by atoms with E-state index in [0.29, 0.717) is 27.9 Å². The van der Waals surface area contributed by atoms with Crippen LogP contribution in [0, 0.1) is 18.6 Å². The fraction of sp³-hybridized carbons (Fsp3) is 0.0645. The number of aryl methyl sites for hydroxylation is 2. The number of fused-ring (bicyclic) bond motifs is 6. The molecule has 7 aromatic rings. The van der Waals surface area contributed by atoms with E-state index in [1.807, 2.05) is 61.5 Å². The van der Waals surface area contributed by atoms with Gasteiger partial charge in [-0.05, 0) is 54.4 Å². The Morgan fingerprint density at radius 1 is 0.667 bits per heavy atom. The number of nitrogens with zero attached hydrogens (tertiary/aromatic N) is 1. The van der Waals surface area contributed by atoms with Gasteiger partial charge in [-0.1, -0.05) is 36.4 Å². The van der Waals surface area contributed by atoms with Crippen molar-refractivity contribution in [2.45, 2.75) is 6.92 Å². The van der Waals surface area contributed by atoms with E-state index in [9.17, 15) is 4.39 Å². The Balaban J connectivity index is 1.53. The summed E-state index contributed by atoms with van der Waals surface area (Å²) in [5.74, 6) is -0.691. The van der Waals surface area contributed by atoms with Crippen molar-refractivity contribution in [3.8, 4) is 22.4 Å². The van der Waals surface area contributed by atoms with E-state index in [4.69, 9.17) is 8.83 Å². The topological polar surface area (TPSA) is 30.2 Å². The number of hydrogen-bond acceptors (Lipinski definition) is 2. The first-order valence-electron chi connectivity index (χ1n) is 11.7. The van der Waals surface area contributed by atoms with Crippen LogP contribution in [0.25, 0.3) is 66.3 Å². The minimum atomic E-state index is -0.373. The molecule has 0 aliphatic carbocycles. The van der Waals surface area contributed by atoms with Crippen molar-refractivity contribution in [1.29, 1.82) is 0 Å². The molecule has 0 amide bonds. The molecule has 3 nitrogen and oxygen atoms in total. The number of furan rings is 2. The third-order valence-corrected chi connectivity index (χ3v) is 6.99. The highest BCUT2D eigenvalue weighted by atomic mass is 19.1. The first-order valence-corrected chi connectivity index (χ1v) is 11.7. The van der Waals surface area contributed by atoms with Gasteiger partial charge in [0, 0.05) is 27.6 Å². The largest absolute Gasteiger partial charge is 0.456 e. The van der Waals surface area contributed by atoms with Crippen LogP contribution in [0.1, 0.15) is 5.56 Å². The van der Waals surface area contributed by atoms with Gasteiger partial charge in [-0.15, -0.1) is 0 Å². The summed E-state index contributed by atoms with van der Waals surface area (Å²) in [7, 11) is 1.80. The molecule has 3 heterocycles. The van der Waals surface area contributed by atoms with E-state index < -0.39 is 0 Å². The highest BCUT2D eigenvalue weighted by Crippen LogP contribution is 2.42. The van der Waals surface area contributed by atoms with Crippen molar-refractivity contribution < 1.29 is 22.2 Å². The van der Waals surface area contributed by atoms with Gasteiger partial charge in [-0.2, -0.15) is 4.57 Å². The van der Waals surface area contributed by atoms with Crippen molar-refractivity contribution in [3.05, 3.63) is 102 Å². The molecule has 0 bridgehead atoms. The van der Waals surface area contributed by atoms with Gasteiger partial charge in [0.05, 0.1) is 11.1 Å². The van der Waals surface area contributed by atoms with Crippen LogP contribution in [0.4, 0.5) is 8.78 Å². The normalized spacial score (nSPS) is 11.9. The number of aromatic nitrogens is 1. The van der Waals surface area contributed by atoms with Crippen molar-refractivity contribution in [1.82, 2.24) is 0 Å². The van der Waals surface area contributed by atoms with Gasteiger partial charge in [0.25, 0.3) is 0 Å². The Morgan fingerprint density at radius 3 is 2.22 bits per heavy atom. The van der Waals surface area contributed by atoms with E-state index in [-0.39, 0.29) is 11.6 Å². The minimum absolute atomic E-state index is 0.318. The average molecular weight is 477 g/mol. The average Bonchev–Trinajstić information content (AvgIpc) is 3.42. The standard InChI is InChI=1S/C31H20F2NO2/c1-17-7-10-22-23-12-13-24(33)29(18-8-11-21-20-5-3-4-6-26(20)35-27(21)15-18)31(23)36-30(22)28(17)25-14-9-19(32)16-34(25)2/h3-16H,1-2H3/q+1. The highest BCUT2D eigenvalue weighted by Gasteiger charge is 2.23. The molecular formula is C31H20F2NO2+. The number of benzene rings is 4. The molecule has 0 aliphatic heterocycles. The Bertz CT molecular complexity index is 2000. The molecule has 36 heavy (non-hydrogen) atoms. The van der Waals surface area contributed by atoms with Gasteiger partial charge in [0.2, 0.25) is 11.9 Å². The van der Waals surface area contributed by atoms with E-state index in [1.165, 1.54) is 18.3 Å². The SMILES string of the molecule is Cc1ccc2c(oc3c(-c4ccc5c(c4)oc4ccccc45)c(F)ccc32)c1-c1ccc(F)c[n+]1C. The van der Waals surface area contributed by atoms with Gasteiger partial charge < -0.3 is 8.83 Å². The molecule has 0 radical (unpaired) electrons. The van der Waals surface area contributed by atoms with Crippen molar-refractivity contribution in [3.63, 3.8) is 0 Å². The van der Waals surface area contributed by atoms with Crippen LogP contribution in [0.2, 0.25) is 0 Å². The maximum absolute atomic E-state index is 15.4. The molecule has 0 saturated carbocycles. The quantitative estimate of drug-likeness (QED) is 0.235. The molecule has 0 unspecified atom stereocenters. The van der Waals surface area contributed by atoms with Crippen LogP contribution in [0.3, 0.4) is 0 Å². The van der Waals surface area contributed by atoms with Crippen LogP contribution in [0.5, 0.6) is 0 Å². The van der Waals surface area contributed by atoms with Crippen molar-refractivity contribution >= 4 is 43.9 Å². The van der Waals surface area contributed by atoms with Gasteiger partial charge in [-0.3, -0.25) is 0 Å². The van der Waals surface area contributed by atoms with Gasteiger partial charge >= 0.3 is 0 Å². The number of rotatable bonds is 2. The first-order chi connectivity index (χ1) is 17.5. The van der Waals surface area contributed by atoms with Crippen molar-refractivity contribution in [2.24, 2.45) is 7.05 Å². The Kier molecular flexibility index (Phi) is 4.33. The summed E-state index contributed by atoms with van der Waals surface area (Å²) in [6, 6.07) is 24.0. The first kappa shape index (κ1) is 20.8. The van der Waals surface area contributed by atoms with Crippen LogP contribution in [-0.2, 0) is 7.05 Å². The Labute approximate surface area is 204 Å². The Hall–Kier alpha value is -4.51. The predicted molar refractivity (Wildman–Crippen MR) is 138 cm³/mol. The van der Waals surface area contributed by atoms with Crippen LogP contribution in [-0.4, -0.2) is 0 Å². The maximum atomic E-state index is 15.4. The zero-order valence-electron chi connectivity index (χ0n) is 19.6. The molecule has 5 heteroatoms. The maximum Gasteiger partial charge on any atom is 0.216 e. The lowest BCUT2D eigenvalue weighted by molar-refractivity contribution is -0.661. The second-order valence-electron chi connectivity index (χ2n) is 9.19. The second-order valence-corrected chi connectivity index (χ2v) is 9.19. The summed E-state index contributed by atoms with van der Waals surface area (Å²) in [5.41, 5.74) is 6.30. The van der Waals surface area contributed by atoms with Gasteiger partial charge in [-0.25, -0.2) is 8.78 Å². The smallest absolute Gasteiger partial charge is 0.216 e. The van der Waals surface area contributed by atoms with Crippen LogP contribution in [0.15, 0.2) is 93.9 Å². The molecule has 0 saturated heterocycles. The van der Waals surface area contributed by atoms with E-state index in [0.717, 1.165) is 43.9 Å². The van der Waals surface area contributed by atoms with Gasteiger partial charge in [0.15, 0.2) is 5.82 Å². The highest BCUT2D eigenvalue weighted by molar-refractivity contribution is 6.14. The van der Waals surface area contributed by atoms with Crippen LogP contribution >= 0.6 is 0 Å². The van der Waals surface area contributed by atoms with E-state index in [2.05, 4.69) is 0 Å². The molecule has 174 valence electrons. The lowest BCUT2D eigenvalue weighted by Gasteiger charge is -2.05. The number of para-hydroxylation sites is 1. The van der Waals surface area contributed by atoms with Gasteiger partial charge in [0.1, 0.15) is 35.2 Å². The molecule has 0 fully saturated rings. The summed E-state index contributed by atoms with van der Waals surface area (Å²) in [4.78, 5) is 0. The van der Waals surface area contributed by atoms with Crippen molar-refractivity contribution in [2.75, 3.05) is 0 Å². The lowest BCUT2D eigenvalue weighted by Crippen LogP contribution is -2.31. The zero-order chi connectivity index (χ0) is 24.6. The summed E-state index contributed by atoms with van der Waals surface area (Å²) in [5, 5.41) is 3.69. The summed E-state index contributed by atoms with van der Waals surface area (Å²) in [6.07, 6.45) is 1.43. The monoisotopic (exact) mass is 476 g/mol. The molecule has 4 aromatic carbocycles. The molecule has 0 aliphatic rings. The summed E-state index contributed by atoms with van der Waals surface area (Å²) < 4.78 is 43.5. The fourth-order valence-electron chi connectivity index (χ4n) is 5.28. The lowest BCUT2D eigenvalue weighted by atomic mass is 9.98.